The van der Waals surface area contributed by atoms with Crippen LogP contribution in [0.4, 0.5) is 0 Å². The van der Waals surface area contributed by atoms with Crippen molar-refractivity contribution in [3.05, 3.63) is 0 Å². The van der Waals surface area contributed by atoms with E-state index in [1.807, 2.05) is 0 Å². The molecule has 0 aromatic heterocycles. The normalized spacial score (nSPS) is 36.6. The number of rotatable bonds is 3. The van der Waals surface area contributed by atoms with Gasteiger partial charge in [0.25, 0.3) is 0 Å². The maximum Gasteiger partial charge on any atom is 0.104 e. The minimum Gasteiger partial charge on any atom is -0.375 e. The second-order valence-corrected chi connectivity index (χ2v) is 6.13. The zero-order valence-corrected chi connectivity index (χ0v) is 10.3. The Kier molecular flexibility index (Phi) is 3.36. The molecule has 1 atom stereocenters. The Morgan fingerprint density at radius 2 is 1.73 bits per heavy atom. The van der Waals surface area contributed by atoms with Crippen molar-refractivity contribution in [1.29, 1.82) is 0 Å². The molecule has 2 rings (SSSR count). The van der Waals surface area contributed by atoms with Crippen LogP contribution in [0.25, 0.3) is 0 Å². The molecular formula is C13H24O2. The molecule has 1 saturated carbocycles. The lowest BCUT2D eigenvalue weighted by Gasteiger charge is -2.36. The fourth-order valence-electron chi connectivity index (χ4n) is 2.50. The molecule has 1 saturated heterocycles. The smallest absolute Gasteiger partial charge is 0.104 e. The summed E-state index contributed by atoms with van der Waals surface area (Å²) in [6.07, 6.45) is 6.08. The number of hydrogen-bond donors (Lipinski definition) is 0. The van der Waals surface area contributed by atoms with Gasteiger partial charge in [0.05, 0.1) is 19.3 Å². The Labute approximate surface area is 93.3 Å². The predicted octanol–water partition coefficient (Wildman–Crippen LogP) is 3.01. The molecule has 2 nitrogen and oxygen atoms in total. The van der Waals surface area contributed by atoms with Gasteiger partial charge in [-0.2, -0.15) is 0 Å². The van der Waals surface area contributed by atoms with Gasteiger partial charge in [-0.3, -0.25) is 0 Å². The molecule has 88 valence electrons. The first-order valence-corrected chi connectivity index (χ1v) is 6.29. The molecule has 1 heterocycles. The van der Waals surface area contributed by atoms with E-state index in [0.717, 1.165) is 19.1 Å². The van der Waals surface area contributed by atoms with E-state index >= 15 is 0 Å². The Bertz CT molecular complexity index is 195. The first-order chi connectivity index (χ1) is 7.05. The second kappa shape index (κ2) is 4.42. The van der Waals surface area contributed by atoms with Crippen LogP contribution < -0.4 is 0 Å². The topological polar surface area (TPSA) is 21.8 Å². The number of hydrogen-bond acceptors (Lipinski definition) is 2. The van der Waals surface area contributed by atoms with Gasteiger partial charge in [-0.15, -0.1) is 0 Å². The third-order valence-corrected chi connectivity index (χ3v) is 3.82. The van der Waals surface area contributed by atoms with Crippen LogP contribution in [0.3, 0.4) is 0 Å². The Morgan fingerprint density at radius 3 is 2.20 bits per heavy atom. The minimum atomic E-state index is 0.422. The third-order valence-electron chi connectivity index (χ3n) is 3.82. The molecule has 2 heteroatoms. The van der Waals surface area contributed by atoms with Crippen molar-refractivity contribution in [1.82, 2.24) is 0 Å². The van der Waals surface area contributed by atoms with Crippen molar-refractivity contribution >= 4 is 0 Å². The van der Waals surface area contributed by atoms with Crippen molar-refractivity contribution in [2.45, 2.75) is 58.7 Å². The van der Waals surface area contributed by atoms with E-state index in [1.165, 1.54) is 25.7 Å². The summed E-state index contributed by atoms with van der Waals surface area (Å²) in [5.41, 5.74) is 0.477. The lowest BCUT2D eigenvalue weighted by Crippen LogP contribution is -2.29. The Morgan fingerprint density at radius 1 is 1.13 bits per heavy atom. The van der Waals surface area contributed by atoms with Gasteiger partial charge in [-0.1, -0.05) is 20.8 Å². The second-order valence-electron chi connectivity index (χ2n) is 6.13. The van der Waals surface area contributed by atoms with Crippen LogP contribution in [0.2, 0.25) is 0 Å². The van der Waals surface area contributed by atoms with Crippen molar-refractivity contribution in [3.63, 3.8) is 0 Å². The summed E-state index contributed by atoms with van der Waals surface area (Å²) in [7, 11) is 0. The maximum atomic E-state index is 5.84. The summed E-state index contributed by atoms with van der Waals surface area (Å²) in [5, 5.41) is 0. The predicted molar refractivity (Wildman–Crippen MR) is 60.9 cm³/mol. The lowest BCUT2D eigenvalue weighted by atomic mass is 9.72. The Balaban J connectivity index is 1.67. The highest BCUT2D eigenvalue weighted by atomic mass is 16.6. The molecule has 1 aliphatic heterocycles. The van der Waals surface area contributed by atoms with Gasteiger partial charge < -0.3 is 9.47 Å². The van der Waals surface area contributed by atoms with E-state index in [-0.39, 0.29) is 0 Å². The molecule has 1 aliphatic carbocycles. The fourth-order valence-corrected chi connectivity index (χ4v) is 2.50. The third kappa shape index (κ3) is 3.46. The monoisotopic (exact) mass is 212 g/mol. The molecule has 0 N–H and O–H groups in total. The molecule has 0 spiro atoms. The highest BCUT2D eigenvalue weighted by molar-refractivity contribution is 4.81. The quantitative estimate of drug-likeness (QED) is 0.671. The molecule has 15 heavy (non-hydrogen) atoms. The number of epoxide rings is 1. The van der Waals surface area contributed by atoms with E-state index in [4.69, 9.17) is 9.47 Å². The van der Waals surface area contributed by atoms with E-state index in [0.29, 0.717) is 17.6 Å². The van der Waals surface area contributed by atoms with Gasteiger partial charge in [0.2, 0.25) is 0 Å². The SMILES string of the molecule is CC(C)(C)C1CCC(OCC2CO2)CC1. The summed E-state index contributed by atoms with van der Waals surface area (Å²) in [5.74, 6) is 0.884. The van der Waals surface area contributed by atoms with Gasteiger partial charge in [-0.25, -0.2) is 0 Å². The zero-order valence-electron chi connectivity index (χ0n) is 10.3. The average molecular weight is 212 g/mol. The molecule has 2 aliphatic rings. The van der Waals surface area contributed by atoms with Crippen molar-refractivity contribution in [2.24, 2.45) is 11.3 Å². The highest BCUT2D eigenvalue weighted by Gasteiger charge is 2.31. The van der Waals surface area contributed by atoms with Gasteiger partial charge in [0, 0.05) is 0 Å². The fraction of sp³-hybridized carbons (Fsp3) is 1.00. The molecular weight excluding hydrogens is 188 g/mol. The van der Waals surface area contributed by atoms with Crippen molar-refractivity contribution in [2.75, 3.05) is 13.2 Å². The summed E-state index contributed by atoms with van der Waals surface area (Å²) in [6, 6.07) is 0. The molecule has 1 unspecified atom stereocenters. The van der Waals surface area contributed by atoms with E-state index in [1.54, 1.807) is 0 Å². The van der Waals surface area contributed by atoms with Gasteiger partial charge >= 0.3 is 0 Å². The maximum absolute atomic E-state index is 5.84. The van der Waals surface area contributed by atoms with Crippen molar-refractivity contribution < 1.29 is 9.47 Å². The average Bonchev–Trinajstić information content (AvgIpc) is 2.97. The van der Waals surface area contributed by atoms with Gasteiger partial charge in [0.15, 0.2) is 0 Å². The standard InChI is InChI=1S/C13H24O2/c1-13(2,3)10-4-6-11(7-5-10)14-8-12-9-15-12/h10-12H,4-9H2,1-3H3. The first kappa shape index (κ1) is 11.4. The summed E-state index contributed by atoms with van der Waals surface area (Å²) in [6.45, 7) is 8.81. The van der Waals surface area contributed by atoms with Crippen LogP contribution in [0.1, 0.15) is 46.5 Å². The minimum absolute atomic E-state index is 0.422. The first-order valence-electron chi connectivity index (χ1n) is 6.29. The van der Waals surface area contributed by atoms with E-state index < -0.39 is 0 Å². The highest BCUT2D eigenvalue weighted by Crippen LogP contribution is 2.38. The number of ether oxygens (including phenoxy) is 2. The van der Waals surface area contributed by atoms with Crippen LogP contribution >= 0.6 is 0 Å². The molecule has 0 amide bonds. The molecule has 2 fully saturated rings. The Hall–Kier alpha value is -0.0800. The van der Waals surface area contributed by atoms with Gasteiger partial charge in [-0.05, 0) is 37.0 Å². The summed E-state index contributed by atoms with van der Waals surface area (Å²) >= 11 is 0. The molecule has 0 bridgehead atoms. The van der Waals surface area contributed by atoms with Gasteiger partial charge in [0.1, 0.15) is 6.10 Å². The largest absolute Gasteiger partial charge is 0.375 e. The summed E-state index contributed by atoms with van der Waals surface area (Å²) in [4.78, 5) is 0. The molecule has 0 radical (unpaired) electrons. The zero-order chi connectivity index (χ0) is 10.9. The van der Waals surface area contributed by atoms with Crippen LogP contribution in [-0.4, -0.2) is 25.4 Å². The van der Waals surface area contributed by atoms with Crippen LogP contribution in [0.5, 0.6) is 0 Å². The van der Waals surface area contributed by atoms with Crippen LogP contribution in [0, 0.1) is 11.3 Å². The molecule has 0 aromatic rings. The van der Waals surface area contributed by atoms with E-state index in [9.17, 15) is 0 Å². The van der Waals surface area contributed by atoms with Crippen LogP contribution in [0.15, 0.2) is 0 Å². The van der Waals surface area contributed by atoms with Crippen LogP contribution in [-0.2, 0) is 9.47 Å². The van der Waals surface area contributed by atoms with Crippen molar-refractivity contribution in [3.8, 4) is 0 Å². The summed E-state index contributed by atoms with van der Waals surface area (Å²) < 4.78 is 11.0. The molecule has 0 aromatic carbocycles. The van der Waals surface area contributed by atoms with E-state index in [2.05, 4.69) is 20.8 Å². The lowest BCUT2D eigenvalue weighted by molar-refractivity contribution is -0.00245.